The average molecular weight is 330 g/mol. The van der Waals surface area contributed by atoms with Crippen molar-refractivity contribution < 1.29 is 28.9 Å². The Morgan fingerprint density at radius 1 is 1.21 bits per heavy atom. The Labute approximate surface area is 139 Å². The van der Waals surface area contributed by atoms with Crippen molar-refractivity contribution in [3.63, 3.8) is 0 Å². The summed E-state index contributed by atoms with van der Waals surface area (Å²) in [6, 6.07) is 8.04. The molecule has 6 heteroatoms. The van der Waals surface area contributed by atoms with Crippen LogP contribution < -0.4 is 9.47 Å². The molecule has 126 valence electrons. The largest absolute Gasteiger partial charge is 0.502 e. The van der Waals surface area contributed by atoms with Gasteiger partial charge < -0.3 is 19.3 Å². The summed E-state index contributed by atoms with van der Waals surface area (Å²) in [7, 11) is 2.73. The van der Waals surface area contributed by atoms with Gasteiger partial charge in [-0.1, -0.05) is 18.2 Å². The van der Waals surface area contributed by atoms with Crippen molar-refractivity contribution in [3.05, 3.63) is 41.5 Å². The van der Waals surface area contributed by atoms with Gasteiger partial charge in [0.2, 0.25) is 5.75 Å². The molecule has 0 bridgehead atoms. The molecule has 0 aliphatic carbocycles. The highest BCUT2D eigenvalue weighted by Gasteiger charge is 2.24. The van der Waals surface area contributed by atoms with Crippen molar-refractivity contribution in [1.82, 2.24) is 0 Å². The van der Waals surface area contributed by atoms with Crippen LogP contribution in [0.4, 0.5) is 0 Å². The molecule has 2 rings (SSSR count). The molecule has 0 aliphatic heterocycles. The number of hydrogen-bond donors (Lipinski definition) is 1. The average Bonchev–Trinajstić information content (AvgIpc) is 2.61. The summed E-state index contributed by atoms with van der Waals surface area (Å²) in [6.45, 7) is 1.93. The molecule has 0 saturated carbocycles. The van der Waals surface area contributed by atoms with E-state index in [1.807, 2.05) is 0 Å². The standard InChI is InChI=1S/C18H18O6/c1-4-24-18(21)13-8-6-5-7-12(13)15-11(10-19)9-14(22-2)16(20)17(15)23-3/h5-10,20H,4H2,1-3H3. The highest BCUT2D eigenvalue weighted by atomic mass is 16.5. The Hall–Kier alpha value is -3.02. The molecule has 0 fully saturated rings. The lowest BCUT2D eigenvalue weighted by Gasteiger charge is -2.17. The van der Waals surface area contributed by atoms with Crippen LogP contribution >= 0.6 is 0 Å². The van der Waals surface area contributed by atoms with E-state index in [-0.39, 0.29) is 35.0 Å². The molecule has 0 radical (unpaired) electrons. The second kappa shape index (κ2) is 7.50. The summed E-state index contributed by atoms with van der Waals surface area (Å²) < 4.78 is 15.4. The maximum Gasteiger partial charge on any atom is 0.338 e. The number of aldehydes is 1. The monoisotopic (exact) mass is 330 g/mol. The third-order valence-corrected chi connectivity index (χ3v) is 3.49. The molecule has 6 nitrogen and oxygen atoms in total. The Kier molecular flexibility index (Phi) is 5.42. The van der Waals surface area contributed by atoms with E-state index in [0.717, 1.165) is 0 Å². The van der Waals surface area contributed by atoms with Gasteiger partial charge in [0.15, 0.2) is 17.8 Å². The first-order valence-electron chi connectivity index (χ1n) is 7.28. The smallest absolute Gasteiger partial charge is 0.338 e. The van der Waals surface area contributed by atoms with Gasteiger partial charge in [-0.15, -0.1) is 0 Å². The number of benzene rings is 2. The predicted octanol–water partition coefficient (Wildman–Crippen LogP) is 3.07. The molecule has 0 spiro atoms. The molecule has 0 unspecified atom stereocenters. The second-order valence-electron chi connectivity index (χ2n) is 4.81. The van der Waals surface area contributed by atoms with Crippen LogP contribution in [0.3, 0.4) is 0 Å². The number of methoxy groups -OCH3 is 2. The van der Waals surface area contributed by atoms with Gasteiger partial charge in [0.25, 0.3) is 0 Å². The van der Waals surface area contributed by atoms with Gasteiger partial charge in [-0.05, 0) is 19.1 Å². The van der Waals surface area contributed by atoms with Gasteiger partial charge in [-0.2, -0.15) is 0 Å². The maximum atomic E-state index is 12.2. The Balaban J connectivity index is 2.80. The lowest BCUT2D eigenvalue weighted by molar-refractivity contribution is 0.0527. The Morgan fingerprint density at radius 3 is 2.50 bits per heavy atom. The van der Waals surface area contributed by atoms with Gasteiger partial charge in [-0.3, -0.25) is 4.79 Å². The second-order valence-corrected chi connectivity index (χ2v) is 4.81. The van der Waals surface area contributed by atoms with E-state index in [2.05, 4.69) is 0 Å². The van der Waals surface area contributed by atoms with Crippen LogP contribution in [0.15, 0.2) is 30.3 Å². The van der Waals surface area contributed by atoms with E-state index in [0.29, 0.717) is 17.4 Å². The van der Waals surface area contributed by atoms with E-state index in [4.69, 9.17) is 14.2 Å². The number of carbonyl (C=O) groups excluding carboxylic acids is 2. The van der Waals surface area contributed by atoms with E-state index in [1.54, 1.807) is 31.2 Å². The fourth-order valence-electron chi connectivity index (χ4n) is 2.46. The molecule has 0 aromatic heterocycles. The molecule has 0 aliphatic rings. The Morgan fingerprint density at radius 2 is 1.92 bits per heavy atom. The van der Waals surface area contributed by atoms with Crippen LogP contribution in [-0.4, -0.2) is 38.2 Å². The molecular formula is C18H18O6. The van der Waals surface area contributed by atoms with Crippen molar-refractivity contribution in [3.8, 4) is 28.4 Å². The minimum Gasteiger partial charge on any atom is -0.502 e. The highest BCUT2D eigenvalue weighted by molar-refractivity contribution is 6.02. The highest BCUT2D eigenvalue weighted by Crippen LogP contribution is 2.46. The predicted molar refractivity (Wildman–Crippen MR) is 88.0 cm³/mol. The van der Waals surface area contributed by atoms with E-state index >= 15 is 0 Å². The first-order valence-corrected chi connectivity index (χ1v) is 7.28. The summed E-state index contributed by atoms with van der Waals surface area (Å²) in [5.74, 6) is -0.624. The summed E-state index contributed by atoms with van der Waals surface area (Å²) in [6.07, 6.45) is 0.613. The lowest BCUT2D eigenvalue weighted by atomic mass is 9.94. The van der Waals surface area contributed by atoms with Crippen molar-refractivity contribution in [2.24, 2.45) is 0 Å². The van der Waals surface area contributed by atoms with E-state index < -0.39 is 5.97 Å². The number of hydrogen-bond acceptors (Lipinski definition) is 6. The van der Waals surface area contributed by atoms with Gasteiger partial charge in [-0.25, -0.2) is 4.79 Å². The molecule has 2 aromatic rings. The SMILES string of the molecule is CCOC(=O)c1ccccc1-c1c(C=O)cc(OC)c(O)c1OC. The molecule has 0 saturated heterocycles. The first-order chi connectivity index (χ1) is 11.6. The third-order valence-electron chi connectivity index (χ3n) is 3.49. The van der Waals surface area contributed by atoms with Crippen LogP contribution in [0, 0.1) is 0 Å². The van der Waals surface area contributed by atoms with Crippen molar-refractivity contribution in [1.29, 1.82) is 0 Å². The van der Waals surface area contributed by atoms with Crippen LogP contribution in [0.5, 0.6) is 17.2 Å². The molecule has 0 amide bonds. The van der Waals surface area contributed by atoms with Crippen LogP contribution in [-0.2, 0) is 4.74 Å². The molecule has 24 heavy (non-hydrogen) atoms. The van der Waals surface area contributed by atoms with Crippen LogP contribution in [0.25, 0.3) is 11.1 Å². The third kappa shape index (κ3) is 3.03. The number of phenolic OH excluding ortho intramolecular Hbond substituents is 1. The fourth-order valence-corrected chi connectivity index (χ4v) is 2.46. The maximum absolute atomic E-state index is 12.2. The number of aromatic hydroxyl groups is 1. The summed E-state index contributed by atoms with van der Waals surface area (Å²) in [5.41, 5.74) is 1.21. The Bertz CT molecular complexity index is 766. The van der Waals surface area contributed by atoms with Crippen molar-refractivity contribution in [2.75, 3.05) is 20.8 Å². The minimum absolute atomic E-state index is 0.0493. The zero-order valence-corrected chi connectivity index (χ0v) is 13.7. The number of phenols is 1. The number of esters is 1. The van der Waals surface area contributed by atoms with E-state index in [1.165, 1.54) is 20.3 Å². The number of carbonyl (C=O) groups is 2. The molecule has 0 atom stereocenters. The van der Waals surface area contributed by atoms with Gasteiger partial charge in [0.05, 0.1) is 26.4 Å². The summed E-state index contributed by atoms with van der Waals surface area (Å²) in [4.78, 5) is 23.8. The normalized spacial score (nSPS) is 10.1. The van der Waals surface area contributed by atoms with Crippen molar-refractivity contribution >= 4 is 12.3 Å². The first kappa shape index (κ1) is 17.3. The topological polar surface area (TPSA) is 82.1 Å². The number of rotatable bonds is 6. The summed E-state index contributed by atoms with van der Waals surface area (Å²) in [5, 5.41) is 10.3. The van der Waals surface area contributed by atoms with Gasteiger partial charge >= 0.3 is 5.97 Å². The quantitative estimate of drug-likeness (QED) is 0.647. The molecular weight excluding hydrogens is 312 g/mol. The van der Waals surface area contributed by atoms with Crippen molar-refractivity contribution in [2.45, 2.75) is 6.92 Å². The molecule has 2 aromatic carbocycles. The van der Waals surface area contributed by atoms with Gasteiger partial charge in [0, 0.05) is 16.7 Å². The summed E-state index contributed by atoms with van der Waals surface area (Å²) >= 11 is 0. The zero-order chi connectivity index (χ0) is 17.7. The lowest BCUT2D eigenvalue weighted by Crippen LogP contribution is -2.07. The van der Waals surface area contributed by atoms with Crippen LogP contribution in [0.2, 0.25) is 0 Å². The minimum atomic E-state index is -0.526. The van der Waals surface area contributed by atoms with Crippen LogP contribution in [0.1, 0.15) is 27.6 Å². The van der Waals surface area contributed by atoms with E-state index in [9.17, 15) is 14.7 Å². The fraction of sp³-hybridized carbons (Fsp3) is 0.222. The molecule has 1 N–H and O–H groups in total. The number of ether oxygens (including phenoxy) is 3. The zero-order valence-electron chi connectivity index (χ0n) is 13.7. The van der Waals surface area contributed by atoms with Gasteiger partial charge in [0.1, 0.15) is 0 Å². The molecule has 0 heterocycles.